The van der Waals surface area contributed by atoms with Gasteiger partial charge in [0.1, 0.15) is 5.76 Å². The van der Waals surface area contributed by atoms with Crippen LogP contribution in [0.3, 0.4) is 0 Å². The van der Waals surface area contributed by atoms with Gasteiger partial charge >= 0.3 is 0 Å². The summed E-state index contributed by atoms with van der Waals surface area (Å²) >= 11 is 2.99. The molecule has 0 unspecified atom stereocenters. The maximum Gasteiger partial charge on any atom is 0.277 e. The summed E-state index contributed by atoms with van der Waals surface area (Å²) in [5.74, 6) is 1.95. The van der Waals surface area contributed by atoms with Crippen molar-refractivity contribution in [2.45, 2.75) is 30.2 Å². The fourth-order valence-electron chi connectivity index (χ4n) is 1.93. The zero-order valence-corrected chi connectivity index (χ0v) is 15.2. The Balaban J connectivity index is 1.57. The van der Waals surface area contributed by atoms with E-state index >= 15 is 0 Å². The van der Waals surface area contributed by atoms with Crippen LogP contribution in [0.25, 0.3) is 0 Å². The van der Waals surface area contributed by atoms with Crippen LogP contribution in [0.1, 0.15) is 34.8 Å². The number of carbonyl (C=O) groups excluding carboxylic acids is 1. The van der Waals surface area contributed by atoms with E-state index in [2.05, 4.69) is 20.4 Å². The second kappa shape index (κ2) is 7.18. The second-order valence-electron chi connectivity index (χ2n) is 5.10. The molecule has 0 bridgehead atoms. The van der Waals surface area contributed by atoms with Crippen LogP contribution in [0.2, 0.25) is 0 Å². The van der Waals surface area contributed by atoms with Crippen molar-refractivity contribution >= 4 is 34.1 Å². The SMILES string of the molecule is CCc1cnc(CSc2cnc(NC(=O)c3cc(C)n(C)n3)s2)o1. The van der Waals surface area contributed by atoms with Gasteiger partial charge < -0.3 is 4.42 Å². The fourth-order valence-corrected chi connectivity index (χ4v) is 3.65. The Kier molecular flexibility index (Phi) is 5.00. The standard InChI is InChI=1S/C15H17N5O2S2/c1-4-10-6-16-12(22-10)8-23-13-7-17-15(24-13)18-14(21)11-5-9(2)20(3)19-11/h5-7H,4,8H2,1-3H3,(H,17,18,21). The highest BCUT2D eigenvalue weighted by Crippen LogP contribution is 2.30. The topological polar surface area (TPSA) is 85.8 Å². The van der Waals surface area contributed by atoms with Gasteiger partial charge in [0.25, 0.3) is 5.91 Å². The maximum atomic E-state index is 12.2. The van der Waals surface area contributed by atoms with E-state index in [1.807, 2.05) is 13.8 Å². The van der Waals surface area contributed by atoms with Crippen molar-refractivity contribution in [3.63, 3.8) is 0 Å². The smallest absolute Gasteiger partial charge is 0.277 e. The third-order valence-corrected chi connectivity index (χ3v) is 5.43. The summed E-state index contributed by atoms with van der Waals surface area (Å²) in [6.07, 6.45) is 4.32. The highest BCUT2D eigenvalue weighted by molar-refractivity contribution is 8.00. The first-order valence-electron chi connectivity index (χ1n) is 7.39. The molecule has 0 saturated heterocycles. The lowest BCUT2D eigenvalue weighted by Crippen LogP contribution is -2.12. The summed E-state index contributed by atoms with van der Waals surface area (Å²) < 4.78 is 8.22. The van der Waals surface area contributed by atoms with Gasteiger partial charge in [-0.05, 0) is 13.0 Å². The average molecular weight is 363 g/mol. The Labute approximate surface area is 147 Å². The number of carbonyl (C=O) groups is 1. The summed E-state index contributed by atoms with van der Waals surface area (Å²) in [7, 11) is 1.80. The van der Waals surface area contributed by atoms with Crippen molar-refractivity contribution in [2.24, 2.45) is 7.05 Å². The number of rotatable bonds is 6. The number of nitrogens with one attached hydrogen (secondary N) is 1. The zero-order chi connectivity index (χ0) is 17.1. The van der Waals surface area contributed by atoms with Crippen LogP contribution < -0.4 is 5.32 Å². The minimum absolute atomic E-state index is 0.259. The fraction of sp³-hybridized carbons (Fsp3) is 0.333. The molecule has 0 saturated carbocycles. The van der Waals surface area contributed by atoms with Crippen molar-refractivity contribution in [3.8, 4) is 0 Å². The molecule has 3 aromatic heterocycles. The minimum Gasteiger partial charge on any atom is -0.445 e. The number of nitrogens with zero attached hydrogens (tertiary/aromatic N) is 4. The Morgan fingerprint density at radius 2 is 2.25 bits per heavy atom. The number of thioether (sulfide) groups is 1. The zero-order valence-electron chi connectivity index (χ0n) is 13.6. The van der Waals surface area contributed by atoms with Crippen molar-refractivity contribution < 1.29 is 9.21 Å². The van der Waals surface area contributed by atoms with Gasteiger partial charge in [0.2, 0.25) is 5.89 Å². The molecule has 9 heteroatoms. The molecule has 0 spiro atoms. The molecule has 1 N–H and O–H groups in total. The number of oxazole rings is 1. The second-order valence-corrected chi connectivity index (χ2v) is 7.40. The minimum atomic E-state index is -0.259. The Hall–Kier alpha value is -2.13. The molecule has 0 fully saturated rings. The Morgan fingerprint density at radius 3 is 2.92 bits per heavy atom. The largest absolute Gasteiger partial charge is 0.445 e. The highest BCUT2D eigenvalue weighted by Gasteiger charge is 2.13. The monoisotopic (exact) mass is 363 g/mol. The lowest BCUT2D eigenvalue weighted by atomic mass is 10.3. The van der Waals surface area contributed by atoms with E-state index < -0.39 is 0 Å². The van der Waals surface area contributed by atoms with E-state index in [1.54, 1.807) is 42.0 Å². The van der Waals surface area contributed by atoms with Gasteiger partial charge in [-0.1, -0.05) is 18.3 Å². The third kappa shape index (κ3) is 3.85. The molecule has 0 radical (unpaired) electrons. The number of aromatic nitrogens is 4. The Bertz CT molecular complexity index is 832. The number of anilines is 1. The predicted molar refractivity (Wildman–Crippen MR) is 93.5 cm³/mol. The van der Waals surface area contributed by atoms with Gasteiger partial charge in [-0.25, -0.2) is 9.97 Å². The van der Waals surface area contributed by atoms with E-state index in [4.69, 9.17) is 4.42 Å². The van der Waals surface area contributed by atoms with Gasteiger partial charge in [0.15, 0.2) is 10.8 Å². The molecule has 3 rings (SSSR count). The van der Waals surface area contributed by atoms with E-state index in [0.29, 0.717) is 22.5 Å². The molecule has 3 aromatic rings. The van der Waals surface area contributed by atoms with E-state index in [-0.39, 0.29) is 5.91 Å². The molecular weight excluding hydrogens is 346 g/mol. The van der Waals surface area contributed by atoms with E-state index in [1.165, 1.54) is 11.3 Å². The first-order valence-corrected chi connectivity index (χ1v) is 9.19. The average Bonchev–Trinajstić information content (AvgIpc) is 3.27. The van der Waals surface area contributed by atoms with Crippen LogP contribution in [0.15, 0.2) is 27.1 Å². The van der Waals surface area contributed by atoms with Crippen LogP contribution in [-0.4, -0.2) is 25.7 Å². The molecule has 0 aliphatic carbocycles. The van der Waals surface area contributed by atoms with Crippen molar-refractivity contribution in [2.75, 3.05) is 5.32 Å². The molecular formula is C15H17N5O2S2. The van der Waals surface area contributed by atoms with Crippen LogP contribution >= 0.6 is 23.1 Å². The van der Waals surface area contributed by atoms with E-state index in [9.17, 15) is 4.79 Å². The normalized spacial score (nSPS) is 11.0. The van der Waals surface area contributed by atoms with Gasteiger partial charge in [-0.3, -0.25) is 14.8 Å². The quantitative estimate of drug-likeness (QED) is 0.677. The molecule has 24 heavy (non-hydrogen) atoms. The summed E-state index contributed by atoms with van der Waals surface area (Å²) in [5.41, 5.74) is 1.30. The molecule has 1 amide bonds. The summed E-state index contributed by atoms with van der Waals surface area (Å²) in [4.78, 5) is 20.6. The molecule has 7 nitrogen and oxygen atoms in total. The number of hydrogen-bond donors (Lipinski definition) is 1. The maximum absolute atomic E-state index is 12.2. The molecule has 0 aliphatic rings. The van der Waals surface area contributed by atoms with Crippen LogP contribution in [-0.2, 0) is 19.2 Å². The lowest BCUT2D eigenvalue weighted by Gasteiger charge is -1.97. The number of aryl methyl sites for hydroxylation is 3. The van der Waals surface area contributed by atoms with Gasteiger partial charge in [-0.2, -0.15) is 5.10 Å². The first kappa shape index (κ1) is 16.7. The lowest BCUT2D eigenvalue weighted by molar-refractivity contribution is 0.102. The van der Waals surface area contributed by atoms with Crippen molar-refractivity contribution in [1.29, 1.82) is 0 Å². The van der Waals surface area contributed by atoms with Gasteiger partial charge in [-0.15, -0.1) is 11.8 Å². The molecule has 0 aliphatic heterocycles. The molecule has 126 valence electrons. The number of amides is 1. The third-order valence-electron chi connectivity index (χ3n) is 3.34. The number of hydrogen-bond acceptors (Lipinski definition) is 7. The summed E-state index contributed by atoms with van der Waals surface area (Å²) in [5, 5.41) is 7.47. The van der Waals surface area contributed by atoms with Gasteiger partial charge in [0.05, 0.1) is 22.4 Å². The Morgan fingerprint density at radius 1 is 1.42 bits per heavy atom. The summed E-state index contributed by atoms with van der Waals surface area (Å²) in [6.45, 7) is 3.92. The molecule has 0 aromatic carbocycles. The predicted octanol–water partition coefficient (Wildman–Crippen LogP) is 3.28. The van der Waals surface area contributed by atoms with Crippen LogP contribution in [0, 0.1) is 6.92 Å². The summed E-state index contributed by atoms with van der Waals surface area (Å²) in [6, 6.07) is 1.74. The van der Waals surface area contributed by atoms with Crippen molar-refractivity contribution in [1.82, 2.24) is 19.7 Å². The van der Waals surface area contributed by atoms with Crippen LogP contribution in [0.5, 0.6) is 0 Å². The van der Waals surface area contributed by atoms with E-state index in [0.717, 1.165) is 22.1 Å². The van der Waals surface area contributed by atoms with Gasteiger partial charge in [0, 0.05) is 19.2 Å². The first-order chi connectivity index (χ1) is 11.5. The van der Waals surface area contributed by atoms with Crippen molar-refractivity contribution in [3.05, 3.63) is 41.5 Å². The number of thiazole rings is 1. The molecule has 3 heterocycles. The van der Waals surface area contributed by atoms with Crippen LogP contribution in [0.4, 0.5) is 5.13 Å². The molecule has 0 atom stereocenters. The highest BCUT2D eigenvalue weighted by atomic mass is 32.2.